The van der Waals surface area contributed by atoms with Crippen LogP contribution in [0.25, 0.3) is 0 Å². The molecule has 94 valence electrons. The van der Waals surface area contributed by atoms with Crippen molar-refractivity contribution in [3.63, 3.8) is 0 Å². The summed E-state index contributed by atoms with van der Waals surface area (Å²) >= 11 is 2.14. The van der Waals surface area contributed by atoms with Gasteiger partial charge in [-0.15, -0.1) is 0 Å². The third-order valence-electron chi connectivity index (χ3n) is 3.76. The van der Waals surface area contributed by atoms with Crippen molar-refractivity contribution in [3.8, 4) is 0 Å². The van der Waals surface area contributed by atoms with Gasteiger partial charge in [0.05, 0.1) is 12.2 Å². The Hall–Kier alpha value is 0.270. The second-order valence-corrected chi connectivity index (χ2v) is 7.39. The summed E-state index contributed by atoms with van der Waals surface area (Å²) in [5.74, 6) is 1.35. The Balaban J connectivity index is 1.76. The van der Waals surface area contributed by atoms with Crippen LogP contribution < -0.4 is 5.32 Å². The first-order valence-corrected chi connectivity index (χ1v) is 7.59. The molecule has 0 aromatic rings. The van der Waals surface area contributed by atoms with Gasteiger partial charge in [-0.2, -0.15) is 11.8 Å². The highest BCUT2D eigenvalue weighted by Crippen LogP contribution is 2.37. The molecule has 2 aliphatic heterocycles. The molecule has 0 saturated carbocycles. The van der Waals surface area contributed by atoms with Gasteiger partial charge in [-0.3, -0.25) is 0 Å². The average Bonchev–Trinajstić information content (AvgIpc) is 2.62. The number of hydrogen-bond acceptors (Lipinski definition) is 3. The number of nitrogens with one attached hydrogen (secondary N) is 1. The molecule has 0 bridgehead atoms. The zero-order valence-corrected chi connectivity index (χ0v) is 11.6. The smallest absolute Gasteiger partial charge is 0.0565 e. The Labute approximate surface area is 104 Å². The van der Waals surface area contributed by atoms with Gasteiger partial charge in [-0.25, -0.2) is 0 Å². The first-order valence-electron chi connectivity index (χ1n) is 6.60. The summed E-state index contributed by atoms with van der Waals surface area (Å²) in [5, 5.41) is 3.76. The third-order valence-corrected chi connectivity index (χ3v) is 5.30. The number of hydrogen-bond donors (Lipinski definition) is 1. The van der Waals surface area contributed by atoms with Crippen LogP contribution in [0.3, 0.4) is 0 Å². The molecule has 2 rings (SSSR count). The second-order valence-electron chi connectivity index (χ2n) is 5.71. The van der Waals surface area contributed by atoms with Crippen LogP contribution in [0.1, 0.15) is 46.5 Å². The van der Waals surface area contributed by atoms with Gasteiger partial charge in [0, 0.05) is 17.3 Å². The standard InChI is InChI=1S/C13H25NOS/c1-10-7-12(8-11(2)15-10)14-9-13(3)5-4-6-16-13/h10-12,14H,4-9H2,1-3H3. The summed E-state index contributed by atoms with van der Waals surface area (Å²) < 4.78 is 6.26. The molecule has 2 nitrogen and oxygen atoms in total. The van der Waals surface area contributed by atoms with Gasteiger partial charge in [0.1, 0.15) is 0 Å². The molecule has 0 aromatic carbocycles. The molecule has 2 heterocycles. The van der Waals surface area contributed by atoms with Gasteiger partial charge in [-0.1, -0.05) is 0 Å². The molecule has 16 heavy (non-hydrogen) atoms. The van der Waals surface area contributed by atoms with Crippen LogP contribution in [-0.4, -0.2) is 35.3 Å². The minimum atomic E-state index is 0.422. The Morgan fingerprint density at radius 1 is 1.31 bits per heavy atom. The highest BCUT2D eigenvalue weighted by molar-refractivity contribution is 8.00. The minimum Gasteiger partial charge on any atom is -0.375 e. The Morgan fingerprint density at radius 2 is 2.00 bits per heavy atom. The summed E-state index contributed by atoms with van der Waals surface area (Å²) in [7, 11) is 0. The van der Waals surface area contributed by atoms with E-state index in [2.05, 4.69) is 37.8 Å². The fourth-order valence-electron chi connectivity index (χ4n) is 2.91. The molecule has 2 saturated heterocycles. The maximum atomic E-state index is 5.77. The van der Waals surface area contributed by atoms with Crippen LogP contribution in [-0.2, 0) is 4.74 Å². The Morgan fingerprint density at radius 3 is 2.56 bits per heavy atom. The molecule has 0 radical (unpaired) electrons. The van der Waals surface area contributed by atoms with E-state index in [9.17, 15) is 0 Å². The lowest BCUT2D eigenvalue weighted by atomic mass is 9.98. The van der Waals surface area contributed by atoms with Gasteiger partial charge in [0.25, 0.3) is 0 Å². The molecule has 0 amide bonds. The highest BCUT2D eigenvalue weighted by Gasteiger charge is 2.31. The fraction of sp³-hybridized carbons (Fsp3) is 1.00. The van der Waals surface area contributed by atoms with Crippen molar-refractivity contribution in [2.24, 2.45) is 0 Å². The van der Waals surface area contributed by atoms with Crippen molar-refractivity contribution in [2.75, 3.05) is 12.3 Å². The first-order chi connectivity index (χ1) is 7.57. The van der Waals surface area contributed by atoms with Crippen molar-refractivity contribution >= 4 is 11.8 Å². The van der Waals surface area contributed by atoms with E-state index in [0.29, 0.717) is 23.0 Å². The number of thioether (sulfide) groups is 1. The van der Waals surface area contributed by atoms with Gasteiger partial charge >= 0.3 is 0 Å². The molecule has 0 aromatic heterocycles. The summed E-state index contributed by atoms with van der Waals surface area (Å²) in [6.45, 7) is 7.96. The SMILES string of the molecule is CC1CC(NCC2(C)CCCS2)CC(C)O1. The van der Waals surface area contributed by atoms with Crippen LogP contribution in [0.2, 0.25) is 0 Å². The van der Waals surface area contributed by atoms with Crippen molar-refractivity contribution in [2.45, 2.75) is 69.5 Å². The lowest BCUT2D eigenvalue weighted by molar-refractivity contribution is -0.0422. The maximum Gasteiger partial charge on any atom is 0.0565 e. The fourth-order valence-corrected chi connectivity index (χ4v) is 4.16. The second kappa shape index (κ2) is 5.28. The van der Waals surface area contributed by atoms with Gasteiger partial charge in [0.15, 0.2) is 0 Å². The Bertz CT molecular complexity index is 218. The van der Waals surface area contributed by atoms with Crippen LogP contribution >= 0.6 is 11.8 Å². The highest BCUT2D eigenvalue weighted by atomic mass is 32.2. The molecular weight excluding hydrogens is 218 g/mol. The maximum absolute atomic E-state index is 5.77. The van der Waals surface area contributed by atoms with Crippen LogP contribution in [0.15, 0.2) is 0 Å². The molecule has 0 aliphatic carbocycles. The van der Waals surface area contributed by atoms with Crippen LogP contribution in [0.4, 0.5) is 0 Å². The summed E-state index contributed by atoms with van der Waals surface area (Å²) in [4.78, 5) is 0. The summed E-state index contributed by atoms with van der Waals surface area (Å²) in [6, 6.07) is 0.664. The lowest BCUT2D eigenvalue weighted by Crippen LogP contribution is -2.45. The molecular formula is C13H25NOS. The van der Waals surface area contributed by atoms with E-state index >= 15 is 0 Å². The predicted octanol–water partition coefficient (Wildman–Crippen LogP) is 2.82. The van der Waals surface area contributed by atoms with Crippen LogP contribution in [0, 0.1) is 0 Å². The van der Waals surface area contributed by atoms with Crippen LogP contribution in [0.5, 0.6) is 0 Å². The molecule has 2 fully saturated rings. The van der Waals surface area contributed by atoms with E-state index in [1.54, 1.807) is 0 Å². The van der Waals surface area contributed by atoms with E-state index < -0.39 is 0 Å². The molecule has 0 spiro atoms. The predicted molar refractivity (Wildman–Crippen MR) is 71.1 cm³/mol. The lowest BCUT2D eigenvalue weighted by Gasteiger charge is -2.35. The van der Waals surface area contributed by atoms with Crippen molar-refractivity contribution in [1.29, 1.82) is 0 Å². The Kier molecular flexibility index (Phi) is 4.20. The van der Waals surface area contributed by atoms with E-state index in [-0.39, 0.29) is 0 Å². The minimum absolute atomic E-state index is 0.422. The largest absolute Gasteiger partial charge is 0.375 e. The molecule has 3 unspecified atom stereocenters. The molecule has 3 heteroatoms. The molecule has 3 atom stereocenters. The van der Waals surface area contributed by atoms with Gasteiger partial charge < -0.3 is 10.1 Å². The first kappa shape index (κ1) is 12.7. The zero-order valence-electron chi connectivity index (χ0n) is 10.8. The van der Waals surface area contributed by atoms with Crippen molar-refractivity contribution in [3.05, 3.63) is 0 Å². The van der Waals surface area contributed by atoms with E-state index in [1.165, 1.54) is 38.0 Å². The van der Waals surface area contributed by atoms with Gasteiger partial charge in [0.2, 0.25) is 0 Å². The summed E-state index contributed by atoms with van der Waals surface area (Å²) in [6.07, 6.45) is 5.95. The normalized spacial score (nSPS) is 44.8. The van der Waals surface area contributed by atoms with Crippen molar-refractivity contribution < 1.29 is 4.74 Å². The quantitative estimate of drug-likeness (QED) is 0.823. The third kappa shape index (κ3) is 3.38. The zero-order chi connectivity index (χ0) is 11.6. The number of ether oxygens (including phenoxy) is 1. The summed E-state index contributed by atoms with van der Waals surface area (Å²) in [5.41, 5.74) is 0. The molecule has 1 N–H and O–H groups in total. The van der Waals surface area contributed by atoms with E-state index in [4.69, 9.17) is 4.74 Å². The average molecular weight is 243 g/mol. The molecule has 2 aliphatic rings. The van der Waals surface area contributed by atoms with E-state index in [0.717, 1.165) is 0 Å². The van der Waals surface area contributed by atoms with Crippen molar-refractivity contribution in [1.82, 2.24) is 5.32 Å². The number of rotatable bonds is 3. The van der Waals surface area contributed by atoms with E-state index in [1.807, 2.05) is 0 Å². The monoisotopic (exact) mass is 243 g/mol. The topological polar surface area (TPSA) is 21.3 Å². The van der Waals surface area contributed by atoms with Gasteiger partial charge in [-0.05, 0) is 52.2 Å².